The van der Waals surface area contributed by atoms with Crippen LogP contribution in [0.25, 0.3) is 6.08 Å². The molecular weight excluding hydrogens is 660 g/mol. The first kappa shape index (κ1) is 20.6. The molecule has 0 spiro atoms. The van der Waals surface area contributed by atoms with Crippen LogP contribution in [0.3, 0.4) is 0 Å². The molecule has 3 nitrogen and oxygen atoms in total. The number of hydrogen-bond donors (Lipinski definition) is 0. The van der Waals surface area contributed by atoms with Gasteiger partial charge < -0.3 is 4.74 Å². The Hall–Kier alpha value is -0.170. The zero-order valence-corrected chi connectivity index (χ0v) is 21.0. The van der Waals surface area contributed by atoms with E-state index >= 15 is 0 Å². The third kappa shape index (κ3) is 4.81. The molecule has 0 unspecified atom stereocenters. The molecule has 3 rings (SSSR count). The number of halogens is 3. The number of ether oxygens (including phenoxy) is 1. The first-order chi connectivity index (χ1) is 12.3. The summed E-state index contributed by atoms with van der Waals surface area (Å²) in [6, 6.07) is 12.1. The molecule has 0 N–H and O–H groups in total. The second kappa shape index (κ2) is 8.89. The maximum Gasteiger partial charge on any atom is 0.265 e. The molecular formula is C18H12BrI2NO2S2. The maximum absolute atomic E-state index is 12.2. The van der Waals surface area contributed by atoms with E-state index < -0.39 is 0 Å². The summed E-state index contributed by atoms with van der Waals surface area (Å²) < 4.78 is 9.66. The van der Waals surface area contributed by atoms with Crippen LogP contribution >= 0.6 is 85.1 Å². The molecule has 134 valence electrons. The number of thiocarbonyl (C=S) groups is 1. The fraction of sp³-hybridized carbons (Fsp3) is 0.111. The standard InChI is InChI=1S/C18H12BrI2NO2S2/c1-22-17(23)15(26-18(22)25)8-11-6-13(20)16(14(21)7-11)24-9-10-2-4-12(19)5-3-10/h2-8H,9H2,1H3/b15-8-. The maximum atomic E-state index is 12.2. The molecule has 0 aromatic heterocycles. The van der Waals surface area contributed by atoms with Crippen LogP contribution in [0.1, 0.15) is 11.1 Å². The molecule has 0 bridgehead atoms. The summed E-state index contributed by atoms with van der Waals surface area (Å²) in [5.41, 5.74) is 2.07. The summed E-state index contributed by atoms with van der Waals surface area (Å²) in [7, 11) is 1.70. The minimum atomic E-state index is -0.0550. The van der Waals surface area contributed by atoms with Crippen molar-refractivity contribution in [3.63, 3.8) is 0 Å². The molecule has 1 fully saturated rings. The largest absolute Gasteiger partial charge is 0.487 e. The summed E-state index contributed by atoms with van der Waals surface area (Å²) in [6.45, 7) is 0.507. The Balaban J connectivity index is 1.79. The smallest absolute Gasteiger partial charge is 0.265 e. The molecule has 2 aromatic carbocycles. The Labute approximate surface area is 197 Å². The predicted octanol–water partition coefficient (Wildman–Crippen LogP) is 6.07. The van der Waals surface area contributed by atoms with Crippen LogP contribution in [0.15, 0.2) is 45.8 Å². The van der Waals surface area contributed by atoms with Gasteiger partial charge in [-0.2, -0.15) is 0 Å². The quantitative estimate of drug-likeness (QED) is 0.224. The number of thioether (sulfide) groups is 1. The summed E-state index contributed by atoms with van der Waals surface area (Å²) in [6.07, 6.45) is 1.88. The monoisotopic (exact) mass is 671 g/mol. The van der Waals surface area contributed by atoms with Gasteiger partial charge in [-0.1, -0.05) is 52.0 Å². The Bertz CT molecular complexity index is 893. The highest BCUT2D eigenvalue weighted by molar-refractivity contribution is 14.1. The van der Waals surface area contributed by atoms with Crippen molar-refractivity contribution in [1.82, 2.24) is 4.90 Å². The lowest BCUT2D eigenvalue weighted by Crippen LogP contribution is -2.22. The van der Waals surface area contributed by atoms with Crippen molar-refractivity contribution in [3.05, 3.63) is 64.0 Å². The average Bonchev–Trinajstić information content (AvgIpc) is 2.83. The Morgan fingerprint density at radius 2 is 1.85 bits per heavy atom. The van der Waals surface area contributed by atoms with Gasteiger partial charge in [-0.05, 0) is 86.7 Å². The van der Waals surface area contributed by atoms with Crippen LogP contribution in [0.4, 0.5) is 0 Å². The van der Waals surface area contributed by atoms with Crippen molar-refractivity contribution in [2.75, 3.05) is 7.05 Å². The number of benzene rings is 2. The number of carbonyl (C=O) groups is 1. The number of nitrogens with zero attached hydrogens (tertiary/aromatic N) is 1. The Kier molecular flexibility index (Phi) is 7.03. The minimum absolute atomic E-state index is 0.0550. The molecule has 0 radical (unpaired) electrons. The molecule has 26 heavy (non-hydrogen) atoms. The second-order valence-electron chi connectivity index (χ2n) is 5.47. The topological polar surface area (TPSA) is 29.5 Å². The molecule has 1 aliphatic rings. The van der Waals surface area contributed by atoms with Crippen LogP contribution in [-0.4, -0.2) is 22.2 Å². The van der Waals surface area contributed by atoms with Gasteiger partial charge in [0.05, 0.1) is 12.0 Å². The van der Waals surface area contributed by atoms with E-state index in [1.807, 2.05) is 42.5 Å². The molecule has 0 atom stereocenters. The van der Waals surface area contributed by atoms with Crippen molar-refractivity contribution in [3.8, 4) is 5.75 Å². The molecule has 8 heteroatoms. The highest BCUT2D eigenvalue weighted by Crippen LogP contribution is 2.34. The zero-order valence-electron chi connectivity index (χ0n) is 13.5. The Morgan fingerprint density at radius 1 is 1.23 bits per heavy atom. The lowest BCUT2D eigenvalue weighted by molar-refractivity contribution is -0.121. The minimum Gasteiger partial charge on any atom is -0.487 e. The van der Waals surface area contributed by atoms with Gasteiger partial charge in [0.1, 0.15) is 16.7 Å². The van der Waals surface area contributed by atoms with E-state index in [1.54, 1.807) is 7.05 Å². The average molecular weight is 672 g/mol. The SMILES string of the molecule is CN1C(=O)/C(=C/c2cc(I)c(OCc3ccc(Br)cc3)c(I)c2)SC1=S. The van der Waals surface area contributed by atoms with E-state index in [0.717, 1.165) is 28.5 Å². The summed E-state index contributed by atoms with van der Waals surface area (Å²) in [5, 5.41) is 0. The van der Waals surface area contributed by atoms with Gasteiger partial charge in [0.2, 0.25) is 0 Å². The van der Waals surface area contributed by atoms with Crippen LogP contribution in [0.5, 0.6) is 5.75 Å². The lowest BCUT2D eigenvalue weighted by Gasteiger charge is -2.12. The van der Waals surface area contributed by atoms with Crippen LogP contribution in [-0.2, 0) is 11.4 Å². The van der Waals surface area contributed by atoms with Crippen LogP contribution < -0.4 is 4.74 Å². The Morgan fingerprint density at radius 3 is 2.38 bits per heavy atom. The van der Waals surface area contributed by atoms with Gasteiger partial charge >= 0.3 is 0 Å². The van der Waals surface area contributed by atoms with E-state index in [4.69, 9.17) is 17.0 Å². The van der Waals surface area contributed by atoms with Gasteiger partial charge in [-0.25, -0.2) is 0 Å². The third-order valence-electron chi connectivity index (χ3n) is 3.60. The van der Waals surface area contributed by atoms with Gasteiger partial charge in [0.15, 0.2) is 0 Å². The molecule has 1 aliphatic heterocycles. The van der Waals surface area contributed by atoms with Gasteiger partial charge in [0, 0.05) is 11.5 Å². The highest BCUT2D eigenvalue weighted by atomic mass is 127. The third-order valence-corrected chi connectivity index (χ3v) is 7.22. The van der Waals surface area contributed by atoms with Crippen molar-refractivity contribution in [2.45, 2.75) is 6.61 Å². The van der Waals surface area contributed by atoms with Crippen LogP contribution in [0, 0.1) is 7.14 Å². The fourth-order valence-electron chi connectivity index (χ4n) is 2.23. The molecule has 1 heterocycles. The zero-order chi connectivity index (χ0) is 18.8. The first-order valence-electron chi connectivity index (χ1n) is 7.43. The van der Waals surface area contributed by atoms with Gasteiger partial charge in [-0.15, -0.1) is 0 Å². The van der Waals surface area contributed by atoms with Gasteiger partial charge in [0.25, 0.3) is 5.91 Å². The fourth-order valence-corrected chi connectivity index (χ4v) is 5.81. The van der Waals surface area contributed by atoms with Crippen molar-refractivity contribution in [2.24, 2.45) is 0 Å². The van der Waals surface area contributed by atoms with Crippen molar-refractivity contribution in [1.29, 1.82) is 0 Å². The van der Waals surface area contributed by atoms with E-state index in [0.29, 0.717) is 15.8 Å². The molecule has 1 saturated heterocycles. The highest BCUT2D eigenvalue weighted by Gasteiger charge is 2.28. The number of rotatable bonds is 4. The predicted molar refractivity (Wildman–Crippen MR) is 131 cm³/mol. The number of hydrogen-bond acceptors (Lipinski definition) is 4. The normalized spacial score (nSPS) is 15.8. The number of amides is 1. The van der Waals surface area contributed by atoms with E-state index in [2.05, 4.69) is 61.1 Å². The van der Waals surface area contributed by atoms with E-state index in [9.17, 15) is 4.79 Å². The van der Waals surface area contributed by atoms with Crippen molar-refractivity contribution < 1.29 is 9.53 Å². The van der Waals surface area contributed by atoms with E-state index in [-0.39, 0.29) is 5.91 Å². The molecule has 1 amide bonds. The first-order valence-corrected chi connectivity index (χ1v) is 11.6. The van der Waals surface area contributed by atoms with Crippen LogP contribution in [0.2, 0.25) is 0 Å². The second-order valence-corrected chi connectivity index (χ2v) is 10.4. The van der Waals surface area contributed by atoms with E-state index in [1.165, 1.54) is 16.7 Å². The number of likely N-dealkylation sites (N-methyl/N-ethyl adjacent to an activating group) is 1. The number of carbonyl (C=O) groups excluding carboxylic acids is 1. The molecule has 0 aliphatic carbocycles. The lowest BCUT2D eigenvalue weighted by atomic mass is 10.2. The molecule has 0 saturated carbocycles. The van der Waals surface area contributed by atoms with Crippen molar-refractivity contribution >= 4 is 101 Å². The summed E-state index contributed by atoms with van der Waals surface area (Å²) >= 11 is 14.5. The van der Waals surface area contributed by atoms with Gasteiger partial charge in [-0.3, -0.25) is 9.69 Å². The summed E-state index contributed by atoms with van der Waals surface area (Å²) in [5.74, 6) is 0.801. The summed E-state index contributed by atoms with van der Waals surface area (Å²) in [4.78, 5) is 14.3. The molecule has 2 aromatic rings.